The monoisotopic (exact) mass is 257 g/mol. The maximum absolute atomic E-state index is 11.1. The van der Waals surface area contributed by atoms with Crippen molar-refractivity contribution in [1.82, 2.24) is 4.90 Å². The molecular weight excluding hydrogens is 230 g/mol. The van der Waals surface area contributed by atoms with Gasteiger partial charge >= 0.3 is 5.97 Å². The lowest BCUT2D eigenvalue weighted by molar-refractivity contribution is -0.143. The van der Waals surface area contributed by atoms with Gasteiger partial charge in [-0.05, 0) is 52.6 Å². The Labute approximate surface area is 110 Å². The normalized spacial score (nSPS) is 25.1. The van der Waals surface area contributed by atoms with Crippen LogP contribution in [0.15, 0.2) is 0 Å². The Morgan fingerprint density at radius 2 is 2.17 bits per heavy atom. The van der Waals surface area contributed by atoms with Crippen molar-refractivity contribution in [3.8, 4) is 0 Å². The zero-order valence-corrected chi connectivity index (χ0v) is 11.8. The van der Waals surface area contributed by atoms with E-state index >= 15 is 0 Å². The lowest BCUT2D eigenvalue weighted by Gasteiger charge is -2.36. The second kappa shape index (κ2) is 7.74. The van der Waals surface area contributed by atoms with Crippen molar-refractivity contribution in [2.75, 3.05) is 26.2 Å². The first-order valence-corrected chi connectivity index (χ1v) is 7.14. The standard InChI is InChI=1S/C14H27NO3/c1-3-18-13(16)8-5-4-6-10-15-11-7-9-14(2,17)12-15/h17H,3-12H2,1-2H3. The van der Waals surface area contributed by atoms with Gasteiger partial charge in [0.05, 0.1) is 12.2 Å². The van der Waals surface area contributed by atoms with Gasteiger partial charge in [-0.25, -0.2) is 0 Å². The largest absolute Gasteiger partial charge is 0.466 e. The van der Waals surface area contributed by atoms with Crippen LogP contribution in [0.1, 0.15) is 52.4 Å². The summed E-state index contributed by atoms with van der Waals surface area (Å²) < 4.78 is 4.88. The van der Waals surface area contributed by atoms with Gasteiger partial charge in [-0.15, -0.1) is 0 Å². The Morgan fingerprint density at radius 1 is 1.39 bits per heavy atom. The Morgan fingerprint density at radius 3 is 2.83 bits per heavy atom. The van der Waals surface area contributed by atoms with E-state index in [9.17, 15) is 9.90 Å². The highest BCUT2D eigenvalue weighted by Crippen LogP contribution is 2.20. The SMILES string of the molecule is CCOC(=O)CCCCCN1CCCC(C)(O)C1. The first-order valence-electron chi connectivity index (χ1n) is 7.14. The van der Waals surface area contributed by atoms with Gasteiger partial charge in [0.25, 0.3) is 0 Å². The highest BCUT2D eigenvalue weighted by molar-refractivity contribution is 5.69. The van der Waals surface area contributed by atoms with Gasteiger partial charge < -0.3 is 14.7 Å². The summed E-state index contributed by atoms with van der Waals surface area (Å²) in [5.74, 6) is -0.0848. The number of esters is 1. The fraction of sp³-hybridized carbons (Fsp3) is 0.929. The molecule has 4 heteroatoms. The molecule has 0 radical (unpaired) electrons. The lowest BCUT2D eigenvalue weighted by Crippen LogP contribution is -2.46. The van der Waals surface area contributed by atoms with Gasteiger partial charge in [-0.3, -0.25) is 4.79 Å². The molecule has 0 spiro atoms. The first-order chi connectivity index (χ1) is 8.53. The van der Waals surface area contributed by atoms with Crippen LogP contribution in [0.4, 0.5) is 0 Å². The molecule has 1 fully saturated rings. The minimum Gasteiger partial charge on any atom is -0.466 e. The summed E-state index contributed by atoms with van der Waals surface area (Å²) in [6.45, 7) is 7.12. The maximum atomic E-state index is 11.1. The van der Waals surface area contributed by atoms with E-state index in [4.69, 9.17) is 4.74 Å². The second-order valence-corrected chi connectivity index (χ2v) is 5.49. The van der Waals surface area contributed by atoms with Crippen molar-refractivity contribution >= 4 is 5.97 Å². The maximum Gasteiger partial charge on any atom is 0.305 e. The number of aliphatic hydroxyl groups is 1. The number of unbranched alkanes of at least 4 members (excludes halogenated alkanes) is 2. The molecule has 1 rings (SSSR count). The topological polar surface area (TPSA) is 49.8 Å². The molecule has 1 heterocycles. The third-order valence-corrected chi connectivity index (χ3v) is 3.41. The molecule has 1 saturated heterocycles. The summed E-state index contributed by atoms with van der Waals surface area (Å²) in [5.41, 5.74) is -0.511. The summed E-state index contributed by atoms with van der Waals surface area (Å²) in [6.07, 6.45) is 5.57. The average Bonchev–Trinajstić information content (AvgIpc) is 2.27. The Kier molecular flexibility index (Phi) is 6.65. The molecule has 0 bridgehead atoms. The molecular formula is C14H27NO3. The van der Waals surface area contributed by atoms with Crippen molar-refractivity contribution in [2.24, 2.45) is 0 Å². The smallest absolute Gasteiger partial charge is 0.305 e. The quantitative estimate of drug-likeness (QED) is 0.559. The number of rotatable bonds is 7. The number of hydrogen-bond acceptors (Lipinski definition) is 4. The average molecular weight is 257 g/mol. The van der Waals surface area contributed by atoms with Crippen molar-refractivity contribution in [1.29, 1.82) is 0 Å². The Bertz CT molecular complexity index is 253. The highest BCUT2D eigenvalue weighted by Gasteiger charge is 2.27. The van der Waals surface area contributed by atoms with Crippen LogP contribution in [0.3, 0.4) is 0 Å². The molecule has 106 valence electrons. The molecule has 1 N–H and O–H groups in total. The van der Waals surface area contributed by atoms with Gasteiger partial charge in [-0.2, -0.15) is 0 Å². The summed E-state index contributed by atoms with van der Waals surface area (Å²) in [6, 6.07) is 0. The lowest BCUT2D eigenvalue weighted by atomic mass is 9.95. The Hall–Kier alpha value is -0.610. The molecule has 0 saturated carbocycles. The number of nitrogens with zero attached hydrogens (tertiary/aromatic N) is 1. The third-order valence-electron chi connectivity index (χ3n) is 3.41. The van der Waals surface area contributed by atoms with Gasteiger partial charge in [0.15, 0.2) is 0 Å². The number of β-amino-alcohol motifs (C(OH)–C–C–N with tert-alkyl or cyclic N) is 1. The van der Waals surface area contributed by atoms with Crippen molar-refractivity contribution < 1.29 is 14.6 Å². The number of hydrogen-bond donors (Lipinski definition) is 1. The number of carbonyl (C=O) groups is 1. The van der Waals surface area contributed by atoms with Crippen molar-refractivity contribution in [3.05, 3.63) is 0 Å². The van der Waals surface area contributed by atoms with E-state index in [1.165, 1.54) is 0 Å². The number of piperidine rings is 1. The van der Waals surface area contributed by atoms with E-state index in [0.29, 0.717) is 13.0 Å². The third kappa shape index (κ3) is 6.36. The predicted molar refractivity (Wildman–Crippen MR) is 71.4 cm³/mol. The van der Waals surface area contributed by atoms with Crippen LogP contribution in [0, 0.1) is 0 Å². The molecule has 0 amide bonds. The van der Waals surface area contributed by atoms with Crippen molar-refractivity contribution in [3.63, 3.8) is 0 Å². The second-order valence-electron chi connectivity index (χ2n) is 5.49. The summed E-state index contributed by atoms with van der Waals surface area (Å²) in [7, 11) is 0. The minimum absolute atomic E-state index is 0.0848. The molecule has 0 aromatic rings. The van der Waals surface area contributed by atoms with Crippen LogP contribution in [0.2, 0.25) is 0 Å². The molecule has 0 aromatic heterocycles. The van der Waals surface area contributed by atoms with Crippen LogP contribution in [-0.2, 0) is 9.53 Å². The van der Waals surface area contributed by atoms with E-state index in [1.807, 2.05) is 13.8 Å². The Balaban J connectivity index is 2.02. The molecule has 1 aliphatic rings. The molecule has 0 aromatic carbocycles. The summed E-state index contributed by atoms with van der Waals surface area (Å²) in [5, 5.41) is 9.98. The van der Waals surface area contributed by atoms with Crippen LogP contribution < -0.4 is 0 Å². The van der Waals surface area contributed by atoms with Gasteiger partial charge in [0, 0.05) is 13.0 Å². The summed E-state index contributed by atoms with van der Waals surface area (Å²) >= 11 is 0. The summed E-state index contributed by atoms with van der Waals surface area (Å²) in [4.78, 5) is 13.5. The zero-order chi connectivity index (χ0) is 13.4. The van der Waals surface area contributed by atoms with Crippen molar-refractivity contribution in [2.45, 2.75) is 58.0 Å². The van der Waals surface area contributed by atoms with E-state index in [1.54, 1.807) is 0 Å². The molecule has 1 unspecified atom stereocenters. The van der Waals surface area contributed by atoms with Crippen LogP contribution in [0.5, 0.6) is 0 Å². The van der Waals surface area contributed by atoms with E-state index < -0.39 is 5.60 Å². The molecule has 1 atom stereocenters. The number of carbonyl (C=O) groups excluding carboxylic acids is 1. The fourth-order valence-electron chi connectivity index (χ4n) is 2.53. The number of likely N-dealkylation sites (tertiary alicyclic amines) is 1. The number of ether oxygens (including phenoxy) is 1. The first kappa shape index (κ1) is 15.4. The minimum atomic E-state index is -0.511. The van der Waals surface area contributed by atoms with Gasteiger partial charge in [0.2, 0.25) is 0 Å². The van der Waals surface area contributed by atoms with Crippen LogP contribution in [-0.4, -0.2) is 47.8 Å². The zero-order valence-electron chi connectivity index (χ0n) is 11.8. The fourth-order valence-corrected chi connectivity index (χ4v) is 2.53. The predicted octanol–water partition coefficient (Wildman–Crippen LogP) is 1.96. The van der Waals surface area contributed by atoms with Crippen LogP contribution >= 0.6 is 0 Å². The van der Waals surface area contributed by atoms with Gasteiger partial charge in [0.1, 0.15) is 0 Å². The molecule has 18 heavy (non-hydrogen) atoms. The molecule has 1 aliphatic heterocycles. The van der Waals surface area contributed by atoms with Crippen LogP contribution in [0.25, 0.3) is 0 Å². The highest BCUT2D eigenvalue weighted by atomic mass is 16.5. The van der Waals surface area contributed by atoms with E-state index in [-0.39, 0.29) is 5.97 Å². The molecule has 0 aliphatic carbocycles. The molecule has 4 nitrogen and oxygen atoms in total. The van der Waals surface area contributed by atoms with Gasteiger partial charge in [-0.1, -0.05) is 6.42 Å². The van der Waals surface area contributed by atoms with E-state index in [2.05, 4.69) is 4.90 Å². The van der Waals surface area contributed by atoms with E-state index in [0.717, 1.165) is 51.7 Å².